The summed E-state index contributed by atoms with van der Waals surface area (Å²) in [6.45, 7) is 6.59. The van der Waals surface area contributed by atoms with Crippen LogP contribution in [0.3, 0.4) is 0 Å². The second kappa shape index (κ2) is 6.30. The van der Waals surface area contributed by atoms with Crippen LogP contribution in [0.15, 0.2) is 36.5 Å². The largest absolute Gasteiger partial charge is 0.481 e. The smallest absolute Gasteiger partial charge is 0.307 e. The number of hydrogen-bond acceptors (Lipinski definition) is 3. The number of piperazine rings is 1. The zero-order valence-electron chi connectivity index (χ0n) is 14.2. The molecular formula is C19H24N2O3. The fourth-order valence-corrected chi connectivity index (χ4v) is 3.60. The van der Waals surface area contributed by atoms with Gasteiger partial charge in [0.1, 0.15) is 0 Å². The van der Waals surface area contributed by atoms with E-state index >= 15 is 0 Å². The standard InChI is InChI=1S/C19H24N2O3/c1-19(2)15(16(19)18(23)24)17(22)21-12-10-20(11-13-21)9-8-14-6-4-3-5-7-14/h3-9,15-16H,10-13H2,1-2H3,(H,23,24)/b9-8+/t15-,16+/m1/s1. The maximum atomic E-state index is 12.6. The number of benzene rings is 1. The number of carboxylic acids is 1. The van der Waals surface area contributed by atoms with Gasteiger partial charge in [-0.05, 0) is 23.3 Å². The van der Waals surface area contributed by atoms with Crippen molar-refractivity contribution in [3.05, 3.63) is 42.1 Å². The molecule has 1 amide bonds. The normalized spacial score (nSPS) is 25.8. The molecule has 0 aromatic heterocycles. The zero-order valence-corrected chi connectivity index (χ0v) is 14.2. The second-order valence-electron chi connectivity index (χ2n) is 7.20. The third-order valence-corrected chi connectivity index (χ3v) is 5.26. The first-order valence-electron chi connectivity index (χ1n) is 8.40. The van der Waals surface area contributed by atoms with Crippen molar-refractivity contribution in [1.29, 1.82) is 0 Å². The summed E-state index contributed by atoms with van der Waals surface area (Å²) in [5.41, 5.74) is 0.729. The lowest BCUT2D eigenvalue weighted by atomic mass is 10.1. The highest BCUT2D eigenvalue weighted by atomic mass is 16.4. The topological polar surface area (TPSA) is 60.9 Å². The maximum Gasteiger partial charge on any atom is 0.307 e. The number of carboxylic acid groups (broad SMARTS) is 1. The van der Waals surface area contributed by atoms with Crippen molar-refractivity contribution in [1.82, 2.24) is 9.80 Å². The number of rotatable bonds is 4. The van der Waals surface area contributed by atoms with Gasteiger partial charge in [-0.3, -0.25) is 9.59 Å². The van der Waals surface area contributed by atoms with E-state index in [0.717, 1.165) is 18.7 Å². The van der Waals surface area contributed by atoms with E-state index < -0.39 is 17.3 Å². The van der Waals surface area contributed by atoms with E-state index in [1.165, 1.54) is 0 Å². The number of hydrogen-bond donors (Lipinski definition) is 1. The van der Waals surface area contributed by atoms with Gasteiger partial charge in [0, 0.05) is 26.2 Å². The van der Waals surface area contributed by atoms with Gasteiger partial charge in [-0.25, -0.2) is 0 Å². The van der Waals surface area contributed by atoms with Crippen LogP contribution in [0.25, 0.3) is 6.08 Å². The molecule has 1 heterocycles. The van der Waals surface area contributed by atoms with Crippen LogP contribution in [-0.4, -0.2) is 53.0 Å². The molecule has 1 aromatic rings. The lowest BCUT2D eigenvalue weighted by Crippen LogP contribution is -2.47. The summed E-state index contributed by atoms with van der Waals surface area (Å²) in [5.74, 6) is -1.77. The monoisotopic (exact) mass is 328 g/mol. The van der Waals surface area contributed by atoms with Crippen molar-refractivity contribution in [2.45, 2.75) is 13.8 Å². The minimum absolute atomic E-state index is 0.000844. The fraction of sp³-hybridized carbons (Fsp3) is 0.474. The molecule has 3 rings (SSSR count). The number of amides is 1. The average molecular weight is 328 g/mol. The Kier molecular flexibility index (Phi) is 4.35. The molecule has 1 aromatic carbocycles. The lowest BCUT2D eigenvalue weighted by molar-refractivity contribution is -0.142. The predicted octanol–water partition coefficient (Wildman–Crippen LogP) is 2.16. The first-order chi connectivity index (χ1) is 11.4. The van der Waals surface area contributed by atoms with Gasteiger partial charge in [-0.1, -0.05) is 44.2 Å². The molecule has 0 spiro atoms. The van der Waals surface area contributed by atoms with Gasteiger partial charge < -0.3 is 14.9 Å². The molecule has 2 aliphatic rings. The first kappa shape index (κ1) is 16.6. The molecule has 0 bridgehead atoms. The summed E-state index contributed by atoms with van der Waals surface area (Å²) in [6, 6.07) is 10.1. The molecule has 0 radical (unpaired) electrons. The van der Waals surface area contributed by atoms with Crippen LogP contribution >= 0.6 is 0 Å². The lowest BCUT2D eigenvalue weighted by Gasteiger charge is -2.34. The van der Waals surface area contributed by atoms with Crippen LogP contribution in [0.4, 0.5) is 0 Å². The van der Waals surface area contributed by atoms with E-state index in [1.54, 1.807) is 0 Å². The van der Waals surface area contributed by atoms with Crippen LogP contribution in [-0.2, 0) is 9.59 Å². The van der Waals surface area contributed by atoms with Crippen molar-refractivity contribution in [3.63, 3.8) is 0 Å². The Hall–Kier alpha value is -2.30. The summed E-state index contributed by atoms with van der Waals surface area (Å²) in [7, 11) is 0. The molecule has 1 saturated carbocycles. The van der Waals surface area contributed by atoms with Crippen molar-refractivity contribution >= 4 is 18.0 Å². The van der Waals surface area contributed by atoms with Crippen molar-refractivity contribution in [3.8, 4) is 0 Å². The molecule has 128 valence electrons. The molecule has 1 N–H and O–H groups in total. The van der Waals surface area contributed by atoms with Crippen molar-refractivity contribution < 1.29 is 14.7 Å². The minimum atomic E-state index is -0.859. The zero-order chi connectivity index (χ0) is 17.3. The SMILES string of the molecule is CC1(C)[C@H](C(=O)O)[C@@H]1C(=O)N1CCN(/C=C/c2ccccc2)CC1. The van der Waals surface area contributed by atoms with Gasteiger partial charge in [-0.2, -0.15) is 0 Å². The Morgan fingerprint density at radius 1 is 1.08 bits per heavy atom. The molecular weight excluding hydrogens is 304 g/mol. The van der Waals surface area contributed by atoms with E-state index in [4.69, 9.17) is 0 Å². The predicted molar refractivity (Wildman–Crippen MR) is 92.0 cm³/mol. The number of nitrogens with zero attached hydrogens (tertiary/aromatic N) is 2. The van der Waals surface area contributed by atoms with E-state index in [9.17, 15) is 14.7 Å². The highest BCUT2D eigenvalue weighted by Crippen LogP contribution is 2.59. The molecule has 1 aliphatic heterocycles. The second-order valence-corrected chi connectivity index (χ2v) is 7.20. The quantitative estimate of drug-likeness (QED) is 0.920. The Morgan fingerprint density at radius 2 is 1.71 bits per heavy atom. The first-order valence-corrected chi connectivity index (χ1v) is 8.40. The molecule has 2 fully saturated rings. The number of aliphatic carboxylic acids is 1. The average Bonchev–Trinajstić information content (AvgIpc) is 3.16. The Labute approximate surface area is 142 Å². The molecule has 0 unspecified atom stereocenters. The van der Waals surface area contributed by atoms with E-state index in [2.05, 4.69) is 29.3 Å². The van der Waals surface area contributed by atoms with Crippen LogP contribution in [0.5, 0.6) is 0 Å². The third kappa shape index (κ3) is 3.16. The molecule has 1 saturated heterocycles. The molecule has 5 nitrogen and oxygen atoms in total. The van der Waals surface area contributed by atoms with E-state index in [1.807, 2.05) is 36.9 Å². The van der Waals surface area contributed by atoms with E-state index in [-0.39, 0.29) is 11.8 Å². The van der Waals surface area contributed by atoms with Crippen molar-refractivity contribution in [2.75, 3.05) is 26.2 Å². The van der Waals surface area contributed by atoms with Crippen LogP contribution in [0, 0.1) is 17.3 Å². The summed E-state index contributed by atoms with van der Waals surface area (Å²) < 4.78 is 0. The summed E-state index contributed by atoms with van der Waals surface area (Å²) in [4.78, 5) is 27.9. The highest BCUT2D eigenvalue weighted by Gasteiger charge is 2.66. The Bertz CT molecular complexity index is 646. The number of carbonyl (C=O) groups is 2. The summed E-state index contributed by atoms with van der Waals surface area (Å²) >= 11 is 0. The van der Waals surface area contributed by atoms with Crippen LogP contribution < -0.4 is 0 Å². The third-order valence-electron chi connectivity index (χ3n) is 5.26. The van der Waals surface area contributed by atoms with Crippen LogP contribution in [0.2, 0.25) is 0 Å². The number of carbonyl (C=O) groups excluding carboxylic acids is 1. The molecule has 24 heavy (non-hydrogen) atoms. The van der Waals surface area contributed by atoms with Gasteiger partial charge in [-0.15, -0.1) is 0 Å². The van der Waals surface area contributed by atoms with Gasteiger partial charge in [0.05, 0.1) is 11.8 Å². The van der Waals surface area contributed by atoms with Gasteiger partial charge in [0.25, 0.3) is 0 Å². The van der Waals surface area contributed by atoms with Gasteiger partial charge in [0.15, 0.2) is 0 Å². The van der Waals surface area contributed by atoms with Crippen molar-refractivity contribution in [2.24, 2.45) is 17.3 Å². The van der Waals surface area contributed by atoms with Gasteiger partial charge >= 0.3 is 5.97 Å². The molecule has 5 heteroatoms. The Morgan fingerprint density at radius 3 is 2.25 bits per heavy atom. The Balaban J connectivity index is 1.53. The van der Waals surface area contributed by atoms with Crippen LogP contribution in [0.1, 0.15) is 19.4 Å². The van der Waals surface area contributed by atoms with Gasteiger partial charge in [0.2, 0.25) is 5.91 Å². The minimum Gasteiger partial charge on any atom is -0.481 e. The summed E-state index contributed by atoms with van der Waals surface area (Å²) in [6.07, 6.45) is 4.14. The summed E-state index contributed by atoms with van der Waals surface area (Å²) in [5, 5.41) is 9.24. The highest BCUT2D eigenvalue weighted by molar-refractivity contribution is 5.91. The van der Waals surface area contributed by atoms with E-state index in [0.29, 0.717) is 13.1 Å². The molecule has 1 aliphatic carbocycles. The molecule has 2 atom stereocenters. The fourth-order valence-electron chi connectivity index (χ4n) is 3.60. The maximum absolute atomic E-state index is 12.6.